The average molecular weight is 235 g/mol. The zero-order valence-electron chi connectivity index (χ0n) is 10.2. The van der Waals surface area contributed by atoms with Gasteiger partial charge in [0.25, 0.3) is 0 Å². The molecule has 2 N–H and O–H groups in total. The number of carbonyl (C=O) groups excluding carboxylic acids is 1. The Labute approximate surface area is 102 Å². The highest BCUT2D eigenvalue weighted by Gasteiger charge is 2.15. The van der Waals surface area contributed by atoms with Crippen LogP contribution in [0.2, 0.25) is 0 Å². The Morgan fingerprint density at radius 3 is 2.76 bits per heavy atom. The van der Waals surface area contributed by atoms with Crippen LogP contribution in [0.3, 0.4) is 0 Å². The van der Waals surface area contributed by atoms with E-state index >= 15 is 0 Å². The number of rotatable bonds is 4. The molecule has 0 atom stereocenters. The maximum atomic E-state index is 11.8. The summed E-state index contributed by atoms with van der Waals surface area (Å²) in [5.74, 6) is 0.769. The highest BCUT2D eigenvalue weighted by Crippen LogP contribution is 2.25. The van der Waals surface area contributed by atoms with Crippen molar-refractivity contribution in [2.75, 3.05) is 0 Å². The third-order valence-electron chi connectivity index (χ3n) is 3.48. The number of aromatic nitrogens is 2. The molecule has 4 nitrogen and oxygen atoms in total. The number of H-pyrrole nitrogens is 1. The van der Waals surface area contributed by atoms with Crippen LogP contribution in [0, 0.1) is 5.92 Å². The smallest absolute Gasteiger partial charge is 0.220 e. The van der Waals surface area contributed by atoms with Gasteiger partial charge in [0.2, 0.25) is 5.91 Å². The summed E-state index contributed by atoms with van der Waals surface area (Å²) in [5, 5.41) is 9.64. The second-order valence-electron chi connectivity index (χ2n) is 4.92. The van der Waals surface area contributed by atoms with E-state index in [2.05, 4.69) is 15.5 Å². The van der Waals surface area contributed by atoms with Crippen molar-refractivity contribution in [3.63, 3.8) is 0 Å². The van der Waals surface area contributed by atoms with Crippen molar-refractivity contribution in [3.8, 4) is 0 Å². The van der Waals surface area contributed by atoms with Crippen LogP contribution < -0.4 is 5.32 Å². The molecule has 0 unspecified atom stereocenters. The zero-order chi connectivity index (χ0) is 11.9. The zero-order valence-corrected chi connectivity index (χ0v) is 10.2. The summed E-state index contributed by atoms with van der Waals surface area (Å²) in [6, 6.07) is 1.88. The number of nitrogens with one attached hydrogen (secondary N) is 2. The number of hydrogen-bond donors (Lipinski definition) is 2. The molecule has 0 bridgehead atoms. The van der Waals surface area contributed by atoms with Crippen LogP contribution in [0.5, 0.6) is 0 Å². The monoisotopic (exact) mass is 235 g/mol. The molecule has 0 saturated heterocycles. The van der Waals surface area contributed by atoms with Crippen molar-refractivity contribution in [2.45, 2.75) is 51.5 Å². The van der Waals surface area contributed by atoms with Crippen molar-refractivity contribution in [3.05, 3.63) is 18.0 Å². The fourth-order valence-corrected chi connectivity index (χ4v) is 2.48. The van der Waals surface area contributed by atoms with Gasteiger partial charge in [-0.05, 0) is 24.8 Å². The first-order valence-corrected chi connectivity index (χ1v) is 6.59. The predicted octanol–water partition coefficient (Wildman–Crippen LogP) is 2.39. The maximum absolute atomic E-state index is 11.8. The summed E-state index contributed by atoms with van der Waals surface area (Å²) < 4.78 is 0. The lowest BCUT2D eigenvalue weighted by Crippen LogP contribution is -2.25. The molecule has 1 aromatic rings. The normalized spacial score (nSPS) is 17.6. The molecule has 2 rings (SSSR count). The summed E-state index contributed by atoms with van der Waals surface area (Å²) in [5.41, 5.74) is 0.958. The quantitative estimate of drug-likeness (QED) is 0.787. The Kier molecular flexibility index (Phi) is 4.59. The van der Waals surface area contributed by atoms with Gasteiger partial charge in [-0.3, -0.25) is 9.89 Å². The van der Waals surface area contributed by atoms with Crippen LogP contribution in [0.15, 0.2) is 12.3 Å². The molecule has 0 radical (unpaired) electrons. The van der Waals surface area contributed by atoms with E-state index in [-0.39, 0.29) is 5.91 Å². The lowest BCUT2D eigenvalue weighted by molar-refractivity contribution is -0.122. The number of carbonyl (C=O) groups is 1. The SMILES string of the molecule is O=C(CC1CCCCCC1)NCc1ccn[nH]1. The van der Waals surface area contributed by atoms with Gasteiger partial charge in [0.15, 0.2) is 0 Å². The molecule has 0 aromatic carbocycles. The molecule has 94 valence electrons. The molecule has 0 spiro atoms. The van der Waals surface area contributed by atoms with Crippen LogP contribution in [0.1, 0.15) is 50.6 Å². The third kappa shape index (κ3) is 4.21. The van der Waals surface area contributed by atoms with E-state index in [0.29, 0.717) is 18.9 Å². The number of nitrogens with zero attached hydrogens (tertiary/aromatic N) is 1. The van der Waals surface area contributed by atoms with Crippen molar-refractivity contribution in [1.82, 2.24) is 15.5 Å². The highest BCUT2D eigenvalue weighted by atomic mass is 16.1. The Morgan fingerprint density at radius 2 is 2.12 bits per heavy atom. The number of amides is 1. The summed E-state index contributed by atoms with van der Waals surface area (Å²) in [6.07, 6.45) is 10.1. The standard InChI is InChI=1S/C13H21N3O/c17-13(14-10-12-7-8-15-16-12)9-11-5-3-1-2-4-6-11/h7-8,11H,1-6,9-10H2,(H,14,17)(H,15,16). The third-order valence-corrected chi connectivity index (χ3v) is 3.48. The van der Waals surface area contributed by atoms with E-state index in [1.54, 1.807) is 6.20 Å². The number of hydrogen-bond acceptors (Lipinski definition) is 2. The lowest BCUT2D eigenvalue weighted by Gasteiger charge is -2.13. The molecule has 1 aliphatic rings. The van der Waals surface area contributed by atoms with E-state index in [1.165, 1.54) is 38.5 Å². The van der Waals surface area contributed by atoms with Gasteiger partial charge in [-0.15, -0.1) is 0 Å². The predicted molar refractivity (Wildman–Crippen MR) is 66.2 cm³/mol. The molecule has 1 heterocycles. The summed E-state index contributed by atoms with van der Waals surface area (Å²) in [4.78, 5) is 11.8. The van der Waals surface area contributed by atoms with Gasteiger partial charge >= 0.3 is 0 Å². The van der Waals surface area contributed by atoms with E-state index in [1.807, 2.05) is 6.07 Å². The van der Waals surface area contributed by atoms with E-state index in [9.17, 15) is 4.79 Å². The average Bonchev–Trinajstić information content (AvgIpc) is 2.72. The van der Waals surface area contributed by atoms with Gasteiger partial charge in [-0.25, -0.2) is 0 Å². The Bertz CT molecular complexity index is 326. The van der Waals surface area contributed by atoms with Crippen molar-refractivity contribution >= 4 is 5.91 Å². The Hall–Kier alpha value is -1.32. The lowest BCUT2D eigenvalue weighted by atomic mass is 9.96. The van der Waals surface area contributed by atoms with Crippen LogP contribution in [-0.4, -0.2) is 16.1 Å². The molecule has 4 heteroatoms. The number of aromatic amines is 1. The van der Waals surface area contributed by atoms with Gasteiger partial charge in [-0.2, -0.15) is 5.10 Å². The second kappa shape index (κ2) is 6.42. The first-order chi connectivity index (χ1) is 8.34. The molecule has 0 aliphatic heterocycles. The Morgan fingerprint density at radius 1 is 1.35 bits per heavy atom. The van der Waals surface area contributed by atoms with Gasteiger partial charge in [-0.1, -0.05) is 25.7 Å². The largest absolute Gasteiger partial charge is 0.350 e. The van der Waals surface area contributed by atoms with Gasteiger partial charge < -0.3 is 5.32 Å². The summed E-state index contributed by atoms with van der Waals surface area (Å²) in [6.45, 7) is 0.561. The molecule has 1 fully saturated rings. The van der Waals surface area contributed by atoms with Crippen LogP contribution in [0.4, 0.5) is 0 Å². The highest BCUT2D eigenvalue weighted by molar-refractivity contribution is 5.76. The minimum absolute atomic E-state index is 0.173. The van der Waals surface area contributed by atoms with Crippen LogP contribution in [0.25, 0.3) is 0 Å². The summed E-state index contributed by atoms with van der Waals surface area (Å²) in [7, 11) is 0. The minimum atomic E-state index is 0.173. The van der Waals surface area contributed by atoms with Gasteiger partial charge in [0.05, 0.1) is 12.2 Å². The van der Waals surface area contributed by atoms with Gasteiger partial charge in [0.1, 0.15) is 0 Å². The van der Waals surface area contributed by atoms with Crippen molar-refractivity contribution < 1.29 is 4.79 Å². The topological polar surface area (TPSA) is 57.8 Å². The van der Waals surface area contributed by atoms with Crippen molar-refractivity contribution in [2.24, 2.45) is 5.92 Å². The molecule has 1 aliphatic carbocycles. The van der Waals surface area contributed by atoms with Gasteiger partial charge in [0, 0.05) is 12.6 Å². The summed E-state index contributed by atoms with van der Waals surface area (Å²) >= 11 is 0. The van der Waals surface area contributed by atoms with E-state index < -0.39 is 0 Å². The molecule has 17 heavy (non-hydrogen) atoms. The minimum Gasteiger partial charge on any atom is -0.350 e. The molecular formula is C13H21N3O. The molecular weight excluding hydrogens is 214 g/mol. The van der Waals surface area contributed by atoms with Crippen LogP contribution in [-0.2, 0) is 11.3 Å². The fourth-order valence-electron chi connectivity index (χ4n) is 2.48. The fraction of sp³-hybridized carbons (Fsp3) is 0.692. The second-order valence-corrected chi connectivity index (χ2v) is 4.92. The molecule has 1 aromatic heterocycles. The molecule has 1 amide bonds. The first-order valence-electron chi connectivity index (χ1n) is 6.59. The molecule has 1 saturated carbocycles. The van der Waals surface area contributed by atoms with E-state index in [0.717, 1.165) is 5.69 Å². The van der Waals surface area contributed by atoms with Crippen LogP contribution >= 0.6 is 0 Å². The maximum Gasteiger partial charge on any atom is 0.220 e. The Balaban J connectivity index is 1.69. The van der Waals surface area contributed by atoms with E-state index in [4.69, 9.17) is 0 Å². The van der Waals surface area contributed by atoms with Crippen molar-refractivity contribution in [1.29, 1.82) is 0 Å². The first kappa shape index (κ1) is 12.1.